The van der Waals surface area contributed by atoms with E-state index < -0.39 is 11.6 Å². The number of para-hydroxylation sites is 1. The summed E-state index contributed by atoms with van der Waals surface area (Å²) in [5.41, 5.74) is 0.297. The molecule has 0 aliphatic carbocycles. The van der Waals surface area contributed by atoms with Crippen LogP contribution in [-0.2, 0) is 4.74 Å². The summed E-state index contributed by atoms with van der Waals surface area (Å²) in [6.45, 7) is 1.22. The number of hydrogen-bond donors (Lipinski definition) is 0. The van der Waals surface area contributed by atoms with Gasteiger partial charge in [-0.1, -0.05) is 18.2 Å². The van der Waals surface area contributed by atoms with Gasteiger partial charge in [0.25, 0.3) is 5.91 Å². The van der Waals surface area contributed by atoms with Crippen molar-refractivity contribution in [2.45, 2.75) is 6.10 Å². The predicted molar refractivity (Wildman–Crippen MR) is 83.9 cm³/mol. The molecule has 3 rings (SSSR count). The number of amides is 1. The summed E-state index contributed by atoms with van der Waals surface area (Å²) in [7, 11) is 0. The highest BCUT2D eigenvalue weighted by atomic mass is 19.1. The largest absolute Gasteiger partial charge is 0.488 e. The van der Waals surface area contributed by atoms with Crippen molar-refractivity contribution < 1.29 is 23.0 Å². The Morgan fingerprint density at radius 3 is 2.83 bits per heavy atom. The van der Waals surface area contributed by atoms with Gasteiger partial charge in [-0.15, -0.1) is 0 Å². The SMILES string of the molecule is O=C(c1cccc(F)c1)N1CCOC(COc2ccccc2F)C1. The fraction of sp³-hybridized carbons (Fsp3) is 0.278. The molecule has 0 aromatic heterocycles. The van der Waals surface area contributed by atoms with E-state index in [9.17, 15) is 13.6 Å². The Morgan fingerprint density at radius 1 is 1.21 bits per heavy atom. The molecule has 1 atom stereocenters. The minimum absolute atomic E-state index is 0.133. The van der Waals surface area contributed by atoms with Crippen LogP contribution in [0.1, 0.15) is 10.4 Å². The Balaban J connectivity index is 1.60. The van der Waals surface area contributed by atoms with Gasteiger partial charge in [0.15, 0.2) is 11.6 Å². The molecule has 24 heavy (non-hydrogen) atoms. The summed E-state index contributed by atoms with van der Waals surface area (Å²) >= 11 is 0. The maximum atomic E-state index is 13.5. The van der Waals surface area contributed by atoms with Gasteiger partial charge in [0.05, 0.1) is 13.2 Å². The van der Waals surface area contributed by atoms with Gasteiger partial charge in [0.1, 0.15) is 18.5 Å². The lowest BCUT2D eigenvalue weighted by Gasteiger charge is -2.33. The van der Waals surface area contributed by atoms with Crippen LogP contribution in [0.5, 0.6) is 5.75 Å². The molecule has 0 bridgehead atoms. The smallest absolute Gasteiger partial charge is 0.254 e. The number of rotatable bonds is 4. The molecular weight excluding hydrogens is 316 g/mol. The molecule has 0 saturated carbocycles. The van der Waals surface area contributed by atoms with Gasteiger partial charge in [-0.2, -0.15) is 0 Å². The molecule has 1 amide bonds. The van der Waals surface area contributed by atoms with Crippen molar-refractivity contribution in [3.8, 4) is 5.75 Å². The third-order valence-corrected chi connectivity index (χ3v) is 3.76. The average Bonchev–Trinajstić information content (AvgIpc) is 2.61. The van der Waals surface area contributed by atoms with Gasteiger partial charge in [-0.25, -0.2) is 8.78 Å². The molecular formula is C18H17F2NO3. The third kappa shape index (κ3) is 3.89. The van der Waals surface area contributed by atoms with Crippen LogP contribution in [0, 0.1) is 11.6 Å². The Kier molecular flexibility index (Phi) is 5.05. The number of hydrogen-bond acceptors (Lipinski definition) is 3. The lowest BCUT2D eigenvalue weighted by Crippen LogP contribution is -2.47. The lowest BCUT2D eigenvalue weighted by atomic mass is 10.1. The minimum Gasteiger partial charge on any atom is -0.488 e. The molecule has 1 unspecified atom stereocenters. The molecule has 2 aromatic carbocycles. The fourth-order valence-corrected chi connectivity index (χ4v) is 2.55. The third-order valence-electron chi connectivity index (χ3n) is 3.76. The topological polar surface area (TPSA) is 38.8 Å². The number of ether oxygens (including phenoxy) is 2. The molecule has 0 radical (unpaired) electrons. The van der Waals surface area contributed by atoms with Crippen molar-refractivity contribution in [2.75, 3.05) is 26.3 Å². The lowest BCUT2D eigenvalue weighted by molar-refractivity contribution is -0.0405. The van der Waals surface area contributed by atoms with Gasteiger partial charge < -0.3 is 14.4 Å². The minimum atomic E-state index is -0.450. The van der Waals surface area contributed by atoms with E-state index in [0.717, 1.165) is 0 Å². The first-order valence-corrected chi connectivity index (χ1v) is 7.67. The monoisotopic (exact) mass is 333 g/mol. The van der Waals surface area contributed by atoms with E-state index in [2.05, 4.69) is 0 Å². The van der Waals surface area contributed by atoms with Crippen LogP contribution in [0.4, 0.5) is 8.78 Å². The fourth-order valence-electron chi connectivity index (χ4n) is 2.55. The van der Waals surface area contributed by atoms with E-state index in [1.807, 2.05) is 0 Å². The second-order valence-corrected chi connectivity index (χ2v) is 5.50. The molecule has 1 aliphatic heterocycles. The van der Waals surface area contributed by atoms with Crippen molar-refractivity contribution in [2.24, 2.45) is 0 Å². The van der Waals surface area contributed by atoms with Crippen molar-refractivity contribution in [1.29, 1.82) is 0 Å². The van der Waals surface area contributed by atoms with E-state index in [0.29, 0.717) is 25.3 Å². The van der Waals surface area contributed by atoms with Crippen LogP contribution in [-0.4, -0.2) is 43.2 Å². The highest BCUT2D eigenvalue weighted by Crippen LogP contribution is 2.17. The first-order valence-electron chi connectivity index (χ1n) is 7.67. The van der Waals surface area contributed by atoms with Crippen LogP contribution >= 0.6 is 0 Å². The number of morpholine rings is 1. The quantitative estimate of drug-likeness (QED) is 0.864. The number of nitrogens with zero attached hydrogens (tertiary/aromatic N) is 1. The van der Waals surface area contributed by atoms with Gasteiger partial charge in [0.2, 0.25) is 0 Å². The molecule has 4 nitrogen and oxygen atoms in total. The van der Waals surface area contributed by atoms with Crippen LogP contribution in [0.3, 0.4) is 0 Å². The molecule has 1 heterocycles. The summed E-state index contributed by atoms with van der Waals surface area (Å²) in [5, 5.41) is 0. The van der Waals surface area contributed by atoms with E-state index in [1.165, 1.54) is 30.3 Å². The highest BCUT2D eigenvalue weighted by molar-refractivity contribution is 5.94. The number of carbonyl (C=O) groups excluding carboxylic acids is 1. The number of benzene rings is 2. The van der Waals surface area contributed by atoms with Crippen LogP contribution < -0.4 is 4.74 Å². The standard InChI is InChI=1S/C18H17F2NO3/c19-14-5-3-4-13(10-14)18(22)21-8-9-23-15(11-21)12-24-17-7-2-1-6-16(17)20/h1-7,10,15H,8-9,11-12H2. The highest BCUT2D eigenvalue weighted by Gasteiger charge is 2.26. The van der Waals surface area contributed by atoms with Crippen molar-refractivity contribution in [3.05, 3.63) is 65.7 Å². The maximum Gasteiger partial charge on any atom is 0.254 e. The maximum absolute atomic E-state index is 13.5. The van der Waals surface area contributed by atoms with Gasteiger partial charge in [0, 0.05) is 12.1 Å². The molecule has 0 N–H and O–H groups in total. The second-order valence-electron chi connectivity index (χ2n) is 5.50. The molecule has 1 saturated heterocycles. The zero-order valence-electron chi connectivity index (χ0n) is 13.0. The van der Waals surface area contributed by atoms with Crippen molar-refractivity contribution in [3.63, 3.8) is 0 Å². The average molecular weight is 333 g/mol. The summed E-state index contributed by atoms with van der Waals surface area (Å²) in [6.07, 6.45) is -0.365. The zero-order valence-corrected chi connectivity index (χ0v) is 13.0. The van der Waals surface area contributed by atoms with E-state index >= 15 is 0 Å². The Bertz CT molecular complexity index is 723. The summed E-state index contributed by atoms with van der Waals surface area (Å²) in [4.78, 5) is 14.0. The zero-order chi connectivity index (χ0) is 16.9. The van der Waals surface area contributed by atoms with Gasteiger partial charge >= 0.3 is 0 Å². The van der Waals surface area contributed by atoms with E-state index in [4.69, 9.17) is 9.47 Å². The Hall–Kier alpha value is -2.47. The van der Waals surface area contributed by atoms with Crippen LogP contribution in [0.15, 0.2) is 48.5 Å². The number of carbonyl (C=O) groups is 1. The molecule has 6 heteroatoms. The van der Waals surface area contributed by atoms with Crippen molar-refractivity contribution in [1.82, 2.24) is 4.90 Å². The summed E-state index contributed by atoms with van der Waals surface area (Å²) in [6, 6.07) is 11.7. The van der Waals surface area contributed by atoms with E-state index in [1.54, 1.807) is 23.1 Å². The summed E-state index contributed by atoms with van der Waals surface area (Å²) in [5.74, 6) is -1.00. The van der Waals surface area contributed by atoms with Gasteiger partial charge in [-0.3, -0.25) is 4.79 Å². The van der Waals surface area contributed by atoms with Gasteiger partial charge in [-0.05, 0) is 30.3 Å². The molecule has 1 aliphatic rings. The molecule has 126 valence electrons. The molecule has 1 fully saturated rings. The summed E-state index contributed by atoms with van der Waals surface area (Å²) < 4.78 is 37.8. The Morgan fingerprint density at radius 2 is 2.04 bits per heavy atom. The second kappa shape index (κ2) is 7.40. The normalized spacial score (nSPS) is 17.6. The predicted octanol–water partition coefficient (Wildman–Crippen LogP) is 2.88. The Labute approximate surface area is 138 Å². The van der Waals surface area contributed by atoms with E-state index in [-0.39, 0.29) is 24.4 Å². The van der Waals surface area contributed by atoms with Crippen LogP contribution in [0.2, 0.25) is 0 Å². The molecule has 0 spiro atoms. The first-order chi connectivity index (χ1) is 11.6. The van der Waals surface area contributed by atoms with Crippen molar-refractivity contribution >= 4 is 5.91 Å². The molecule has 2 aromatic rings. The van der Waals surface area contributed by atoms with Crippen LogP contribution in [0.25, 0.3) is 0 Å². The number of halogens is 2. The first kappa shape index (κ1) is 16.4.